The van der Waals surface area contributed by atoms with Gasteiger partial charge in [-0.3, -0.25) is 14.4 Å². The molecule has 8 nitrogen and oxygen atoms in total. The van der Waals surface area contributed by atoms with E-state index < -0.39 is 28.5 Å². The maximum absolute atomic E-state index is 14.7. The van der Waals surface area contributed by atoms with Crippen molar-refractivity contribution < 1.29 is 38.8 Å². The van der Waals surface area contributed by atoms with E-state index >= 15 is 0 Å². The largest absolute Gasteiger partial charge is 0.507 e. The Hall–Kier alpha value is -3.91. The molecule has 4 atom stereocenters. The molecule has 1 spiro atoms. The van der Waals surface area contributed by atoms with Crippen molar-refractivity contribution in [2.24, 2.45) is 11.8 Å². The van der Waals surface area contributed by atoms with Crippen molar-refractivity contribution in [2.75, 3.05) is 0 Å². The number of carbonyl (C=O) groups is 3. The van der Waals surface area contributed by atoms with Crippen LogP contribution in [0.15, 0.2) is 58.4 Å². The Bertz CT molecular complexity index is 1640. The molecule has 2 fully saturated rings. The van der Waals surface area contributed by atoms with Crippen molar-refractivity contribution in [3.8, 4) is 17.2 Å². The molecule has 1 aromatic carbocycles. The van der Waals surface area contributed by atoms with Crippen LogP contribution in [-0.4, -0.2) is 45.1 Å². The Morgan fingerprint density at radius 3 is 2.28 bits per heavy atom. The molecule has 246 valence electrons. The summed E-state index contributed by atoms with van der Waals surface area (Å²) in [5.41, 5.74) is 0.344. The number of benzene rings is 1. The third-order valence-electron chi connectivity index (χ3n) is 10.1. The van der Waals surface area contributed by atoms with E-state index in [1.807, 2.05) is 46.8 Å². The molecule has 6 rings (SSSR count). The van der Waals surface area contributed by atoms with E-state index in [1.54, 1.807) is 19.1 Å². The van der Waals surface area contributed by atoms with E-state index in [1.165, 1.54) is 5.57 Å². The molecular formula is C38H46O8. The first kappa shape index (κ1) is 33.5. The number of aromatic hydroxyl groups is 2. The maximum Gasteiger partial charge on any atom is 0.298 e. The number of fused-ring (bicyclic) bond motifs is 1. The van der Waals surface area contributed by atoms with Crippen LogP contribution in [0.1, 0.15) is 103 Å². The van der Waals surface area contributed by atoms with Gasteiger partial charge in [0.15, 0.2) is 22.8 Å². The van der Waals surface area contributed by atoms with Gasteiger partial charge in [0.05, 0.1) is 5.60 Å². The number of hydrogen-bond donors (Lipinski definition) is 2. The first-order chi connectivity index (χ1) is 21.6. The van der Waals surface area contributed by atoms with Gasteiger partial charge in [-0.1, -0.05) is 41.0 Å². The Morgan fingerprint density at radius 2 is 1.63 bits per heavy atom. The standard InChI is InChI=1S/C38H46O8/c1-21(2)10-9-11-23(5)13-15-26-31(40)27(14-12-22(3)4)34-30(32(26)41)33(42)28-18-25-19-29-36(7,8)46-37(35(25)43,38(28,29)45-34)17-16-24(6)44-20-39/h10,12-13,16,18,20,25,29,40-41H,9,11,14-15,17,19H2,1-8H3/b23-13+,24-16-/t25?,29?,37-,38-/m1/s1. The zero-order valence-electron chi connectivity index (χ0n) is 28.2. The van der Waals surface area contributed by atoms with Crippen LogP contribution in [0.25, 0.3) is 0 Å². The second-order valence-corrected chi connectivity index (χ2v) is 14.2. The summed E-state index contributed by atoms with van der Waals surface area (Å²) < 4.78 is 18.7. The summed E-state index contributed by atoms with van der Waals surface area (Å²) in [7, 11) is 0. The molecule has 2 N–H and O–H groups in total. The summed E-state index contributed by atoms with van der Waals surface area (Å²) in [5, 5.41) is 23.5. The number of phenolic OH excluding ortho intramolecular Hbond substituents is 2. The average Bonchev–Trinajstić information content (AvgIpc) is 3.12. The summed E-state index contributed by atoms with van der Waals surface area (Å²) in [6, 6.07) is 0. The molecule has 0 aromatic heterocycles. The van der Waals surface area contributed by atoms with Crippen molar-refractivity contribution in [2.45, 2.75) is 111 Å². The molecule has 2 aliphatic heterocycles. The average molecular weight is 631 g/mol. The van der Waals surface area contributed by atoms with Gasteiger partial charge in [-0.15, -0.1) is 0 Å². The number of phenols is 2. The number of ketones is 2. The first-order valence-corrected chi connectivity index (χ1v) is 16.1. The minimum absolute atomic E-state index is 0.000733. The first-order valence-electron chi connectivity index (χ1n) is 16.1. The zero-order valence-corrected chi connectivity index (χ0v) is 28.2. The molecule has 0 radical (unpaired) electrons. The van der Waals surface area contributed by atoms with Crippen molar-refractivity contribution in [3.05, 3.63) is 75.1 Å². The van der Waals surface area contributed by atoms with Crippen LogP contribution in [0.2, 0.25) is 0 Å². The highest BCUT2D eigenvalue weighted by atomic mass is 16.6. The lowest BCUT2D eigenvalue weighted by molar-refractivity contribution is -0.171. The van der Waals surface area contributed by atoms with E-state index in [4.69, 9.17) is 14.2 Å². The monoisotopic (exact) mass is 630 g/mol. The molecule has 1 aromatic rings. The number of Topliss-reactive ketones (excluding diaryl/α,β-unsaturated/α-hetero) is 2. The lowest BCUT2D eigenvalue weighted by Gasteiger charge is -2.56. The number of ether oxygens (including phenoxy) is 3. The highest BCUT2D eigenvalue weighted by molar-refractivity contribution is 6.18. The minimum atomic E-state index is -1.59. The Labute approximate surface area is 271 Å². The van der Waals surface area contributed by atoms with Gasteiger partial charge in [-0.2, -0.15) is 0 Å². The van der Waals surface area contributed by atoms with E-state index in [9.17, 15) is 24.6 Å². The molecule has 5 aliphatic rings. The molecule has 1 saturated heterocycles. The Balaban J connectivity index is 1.70. The molecular weight excluding hydrogens is 584 g/mol. The highest BCUT2D eigenvalue weighted by Crippen LogP contribution is 2.68. The van der Waals surface area contributed by atoms with Crippen LogP contribution in [0.4, 0.5) is 0 Å². The zero-order chi connectivity index (χ0) is 33.8. The van der Waals surface area contributed by atoms with Crippen LogP contribution in [0, 0.1) is 11.8 Å². The fraction of sp³-hybridized carbons (Fsp3) is 0.500. The van der Waals surface area contributed by atoms with Crippen molar-refractivity contribution in [1.29, 1.82) is 0 Å². The third kappa shape index (κ3) is 5.15. The van der Waals surface area contributed by atoms with Gasteiger partial charge >= 0.3 is 0 Å². The number of allylic oxidation sites excluding steroid dienone is 8. The van der Waals surface area contributed by atoms with Crippen molar-refractivity contribution in [3.63, 3.8) is 0 Å². The van der Waals surface area contributed by atoms with Crippen LogP contribution < -0.4 is 4.74 Å². The van der Waals surface area contributed by atoms with Gasteiger partial charge in [0.1, 0.15) is 28.6 Å². The highest BCUT2D eigenvalue weighted by Gasteiger charge is 2.81. The number of rotatable bonds is 11. The summed E-state index contributed by atoms with van der Waals surface area (Å²) in [6.07, 6.45) is 12.0. The van der Waals surface area contributed by atoms with Gasteiger partial charge in [0.2, 0.25) is 0 Å². The SMILES string of the molecule is CC(C)=CCC/C(C)=C/Cc1c(O)c(CC=C(C)C)c2c(c1O)C(=O)C1=CC3CC4C(C)(C)O[C@](C/C=C(/C)OC=O)(C3=O)[C@@]14O2. The fourth-order valence-electron chi connectivity index (χ4n) is 7.83. The van der Waals surface area contributed by atoms with Gasteiger partial charge in [-0.25, -0.2) is 0 Å². The number of carbonyl (C=O) groups excluding carboxylic acids is 3. The molecule has 4 bridgehead atoms. The number of hydrogen-bond acceptors (Lipinski definition) is 8. The Kier molecular flexibility index (Phi) is 8.75. The second kappa shape index (κ2) is 12.0. The van der Waals surface area contributed by atoms with Gasteiger partial charge in [-0.05, 0) is 93.6 Å². The molecule has 3 aliphatic carbocycles. The Morgan fingerprint density at radius 1 is 0.957 bits per heavy atom. The van der Waals surface area contributed by atoms with Gasteiger partial charge < -0.3 is 24.4 Å². The van der Waals surface area contributed by atoms with Gasteiger partial charge in [0, 0.05) is 35.0 Å². The van der Waals surface area contributed by atoms with E-state index in [0.29, 0.717) is 29.8 Å². The normalized spacial score (nSPS) is 27.3. The predicted octanol–water partition coefficient (Wildman–Crippen LogP) is 7.32. The van der Waals surface area contributed by atoms with E-state index in [0.717, 1.165) is 24.0 Å². The molecule has 46 heavy (non-hydrogen) atoms. The fourth-order valence-corrected chi connectivity index (χ4v) is 7.83. The van der Waals surface area contributed by atoms with E-state index in [2.05, 4.69) is 19.9 Å². The molecule has 2 heterocycles. The third-order valence-corrected chi connectivity index (χ3v) is 10.1. The van der Waals surface area contributed by atoms with Crippen LogP contribution in [0.5, 0.6) is 17.2 Å². The lowest BCUT2D eigenvalue weighted by Crippen LogP contribution is -2.72. The summed E-state index contributed by atoms with van der Waals surface area (Å²) >= 11 is 0. The van der Waals surface area contributed by atoms with Crippen LogP contribution in [-0.2, 0) is 31.9 Å². The molecule has 0 amide bonds. The molecule has 1 saturated carbocycles. The minimum Gasteiger partial charge on any atom is -0.507 e. The summed E-state index contributed by atoms with van der Waals surface area (Å²) in [4.78, 5) is 39.9. The topological polar surface area (TPSA) is 119 Å². The summed E-state index contributed by atoms with van der Waals surface area (Å²) in [5.74, 6) is -1.66. The van der Waals surface area contributed by atoms with Crippen molar-refractivity contribution >= 4 is 18.0 Å². The van der Waals surface area contributed by atoms with Gasteiger partial charge in [0.25, 0.3) is 6.47 Å². The van der Waals surface area contributed by atoms with Crippen molar-refractivity contribution in [1.82, 2.24) is 0 Å². The predicted molar refractivity (Wildman–Crippen MR) is 175 cm³/mol. The molecule has 8 heteroatoms. The molecule has 2 unspecified atom stereocenters. The smallest absolute Gasteiger partial charge is 0.298 e. The quantitative estimate of drug-likeness (QED) is 0.148. The lowest BCUT2D eigenvalue weighted by atomic mass is 9.51. The van der Waals surface area contributed by atoms with Crippen LogP contribution in [0.3, 0.4) is 0 Å². The summed E-state index contributed by atoms with van der Waals surface area (Å²) in [6.45, 7) is 15.7. The van der Waals surface area contributed by atoms with E-state index in [-0.39, 0.29) is 59.3 Å². The maximum atomic E-state index is 14.7. The van der Waals surface area contributed by atoms with Crippen LogP contribution >= 0.6 is 0 Å². The second-order valence-electron chi connectivity index (χ2n) is 14.2.